The zero-order chi connectivity index (χ0) is 13.8. The molecule has 1 aliphatic carbocycles. The highest BCUT2D eigenvalue weighted by Gasteiger charge is 2.42. The van der Waals surface area contributed by atoms with Crippen LogP contribution in [-0.4, -0.2) is 29.8 Å². The third kappa shape index (κ3) is 4.52. The molecule has 1 aliphatic rings. The minimum atomic E-state index is 0.0933. The molecule has 0 heterocycles. The zero-order valence-corrected chi connectivity index (χ0v) is 12.6. The molecular weight excluding hydrogens is 224 g/mol. The van der Waals surface area contributed by atoms with Gasteiger partial charge in [0.05, 0.1) is 0 Å². The van der Waals surface area contributed by atoms with Gasteiger partial charge in [0.15, 0.2) is 0 Å². The summed E-state index contributed by atoms with van der Waals surface area (Å²) in [6.07, 6.45) is 5.52. The average Bonchev–Trinajstić information content (AvgIpc) is 2.23. The summed E-state index contributed by atoms with van der Waals surface area (Å²) in [5.74, 6) is 0.731. The van der Waals surface area contributed by atoms with Gasteiger partial charge in [0, 0.05) is 24.7 Å². The van der Waals surface area contributed by atoms with Gasteiger partial charge in [-0.3, -0.25) is 0 Å². The molecule has 0 bridgehead atoms. The molecular formula is C15H32N2O. The molecule has 3 heteroatoms. The summed E-state index contributed by atoms with van der Waals surface area (Å²) in [5.41, 5.74) is 6.56. The van der Waals surface area contributed by atoms with Gasteiger partial charge in [0.25, 0.3) is 0 Å². The Bertz CT molecular complexity index is 255. The maximum Gasteiger partial charge on any atom is 0.0431 e. The van der Waals surface area contributed by atoms with E-state index < -0.39 is 0 Å². The Morgan fingerprint density at radius 2 is 2.06 bits per heavy atom. The SMILES string of the molecule is CC1CC(C)(C)CC(CN)(NC(C)CCCO)C1. The Balaban J connectivity index is 2.66. The van der Waals surface area contributed by atoms with Crippen molar-refractivity contribution in [1.82, 2.24) is 5.32 Å². The lowest BCUT2D eigenvalue weighted by Crippen LogP contribution is -2.59. The van der Waals surface area contributed by atoms with E-state index in [1.165, 1.54) is 12.8 Å². The first-order valence-electron chi connectivity index (χ1n) is 7.41. The van der Waals surface area contributed by atoms with Crippen molar-refractivity contribution in [3.05, 3.63) is 0 Å². The molecule has 18 heavy (non-hydrogen) atoms. The third-order valence-corrected chi connectivity index (χ3v) is 4.20. The molecule has 0 aromatic carbocycles. The van der Waals surface area contributed by atoms with E-state index in [1.54, 1.807) is 0 Å². The summed E-state index contributed by atoms with van der Waals surface area (Å²) in [5, 5.41) is 12.7. The van der Waals surface area contributed by atoms with Gasteiger partial charge in [0.1, 0.15) is 0 Å². The first kappa shape index (κ1) is 15.9. The van der Waals surface area contributed by atoms with Crippen molar-refractivity contribution < 1.29 is 5.11 Å². The summed E-state index contributed by atoms with van der Waals surface area (Å²) in [6.45, 7) is 10.2. The van der Waals surface area contributed by atoms with Crippen molar-refractivity contribution in [2.45, 2.75) is 71.4 Å². The van der Waals surface area contributed by atoms with Gasteiger partial charge in [-0.15, -0.1) is 0 Å². The van der Waals surface area contributed by atoms with E-state index in [1.807, 2.05) is 0 Å². The van der Waals surface area contributed by atoms with Gasteiger partial charge in [0.2, 0.25) is 0 Å². The van der Waals surface area contributed by atoms with Crippen LogP contribution in [0.3, 0.4) is 0 Å². The second kappa shape index (κ2) is 6.36. The molecule has 3 unspecified atom stereocenters. The quantitative estimate of drug-likeness (QED) is 0.683. The first-order chi connectivity index (χ1) is 8.32. The molecule has 0 aromatic heterocycles. The Morgan fingerprint density at radius 1 is 1.39 bits per heavy atom. The molecule has 108 valence electrons. The van der Waals surface area contributed by atoms with E-state index in [0.29, 0.717) is 18.0 Å². The average molecular weight is 256 g/mol. The van der Waals surface area contributed by atoms with Gasteiger partial charge >= 0.3 is 0 Å². The molecule has 4 N–H and O–H groups in total. The molecule has 0 spiro atoms. The zero-order valence-electron chi connectivity index (χ0n) is 12.6. The van der Waals surface area contributed by atoms with E-state index in [9.17, 15) is 0 Å². The summed E-state index contributed by atoms with van der Waals surface area (Å²) in [7, 11) is 0. The Labute approximate surface area is 113 Å². The summed E-state index contributed by atoms with van der Waals surface area (Å²) >= 11 is 0. The van der Waals surface area contributed by atoms with Crippen LogP contribution in [0.1, 0.15) is 59.8 Å². The topological polar surface area (TPSA) is 58.3 Å². The van der Waals surface area contributed by atoms with Gasteiger partial charge < -0.3 is 16.2 Å². The Morgan fingerprint density at radius 3 is 2.56 bits per heavy atom. The Hall–Kier alpha value is -0.120. The van der Waals surface area contributed by atoms with Crippen LogP contribution < -0.4 is 11.1 Å². The monoisotopic (exact) mass is 256 g/mol. The van der Waals surface area contributed by atoms with Gasteiger partial charge in [-0.25, -0.2) is 0 Å². The van der Waals surface area contributed by atoms with Crippen LogP contribution in [0.25, 0.3) is 0 Å². The minimum Gasteiger partial charge on any atom is -0.396 e. The largest absolute Gasteiger partial charge is 0.396 e. The summed E-state index contributed by atoms with van der Waals surface area (Å²) in [4.78, 5) is 0. The van der Waals surface area contributed by atoms with Crippen LogP contribution in [0, 0.1) is 11.3 Å². The lowest BCUT2D eigenvalue weighted by Gasteiger charge is -2.49. The standard InChI is InChI=1S/C15H32N2O/c1-12-8-14(3,4)10-15(9-12,11-16)17-13(2)6-5-7-18/h12-13,17-18H,5-11,16H2,1-4H3. The van der Waals surface area contributed by atoms with Crippen molar-refractivity contribution >= 4 is 0 Å². The van der Waals surface area contributed by atoms with E-state index >= 15 is 0 Å². The maximum atomic E-state index is 8.92. The molecule has 0 saturated heterocycles. The Kier molecular flexibility index (Phi) is 5.63. The second-order valence-electron chi connectivity index (χ2n) is 7.25. The molecule has 1 saturated carbocycles. The molecule has 3 nitrogen and oxygen atoms in total. The molecule has 1 fully saturated rings. The molecule has 1 rings (SSSR count). The molecule has 0 amide bonds. The van der Waals surface area contributed by atoms with E-state index in [2.05, 4.69) is 33.0 Å². The predicted molar refractivity (Wildman–Crippen MR) is 77.5 cm³/mol. The molecule has 3 atom stereocenters. The minimum absolute atomic E-state index is 0.0933. The number of hydrogen-bond acceptors (Lipinski definition) is 3. The van der Waals surface area contributed by atoms with Gasteiger partial charge in [-0.1, -0.05) is 20.8 Å². The van der Waals surface area contributed by atoms with Crippen LogP contribution in [-0.2, 0) is 0 Å². The second-order valence-corrected chi connectivity index (χ2v) is 7.25. The van der Waals surface area contributed by atoms with Gasteiger partial charge in [-0.2, -0.15) is 0 Å². The van der Waals surface area contributed by atoms with E-state index in [-0.39, 0.29) is 12.1 Å². The number of nitrogens with two attached hydrogens (primary N) is 1. The normalized spacial score (nSPS) is 33.3. The lowest BCUT2D eigenvalue weighted by atomic mass is 9.64. The van der Waals surface area contributed by atoms with E-state index in [0.717, 1.165) is 25.2 Å². The molecule has 0 aliphatic heterocycles. The molecule has 0 aromatic rings. The first-order valence-corrected chi connectivity index (χ1v) is 7.41. The predicted octanol–water partition coefficient (Wildman–Crippen LogP) is 2.28. The summed E-state index contributed by atoms with van der Waals surface area (Å²) in [6, 6.07) is 0.432. The van der Waals surface area contributed by atoms with Crippen molar-refractivity contribution in [3.63, 3.8) is 0 Å². The smallest absolute Gasteiger partial charge is 0.0431 e. The summed E-state index contributed by atoms with van der Waals surface area (Å²) < 4.78 is 0. The lowest BCUT2D eigenvalue weighted by molar-refractivity contribution is 0.0771. The van der Waals surface area contributed by atoms with Crippen LogP contribution >= 0.6 is 0 Å². The highest BCUT2D eigenvalue weighted by molar-refractivity contribution is 5.00. The highest BCUT2D eigenvalue weighted by atomic mass is 16.2. The maximum absolute atomic E-state index is 8.92. The van der Waals surface area contributed by atoms with Crippen molar-refractivity contribution in [2.75, 3.05) is 13.2 Å². The fourth-order valence-corrected chi connectivity index (χ4v) is 4.06. The fraction of sp³-hybridized carbons (Fsp3) is 1.00. The molecule has 0 radical (unpaired) electrons. The number of nitrogens with one attached hydrogen (secondary N) is 1. The van der Waals surface area contributed by atoms with Crippen LogP contribution in [0.5, 0.6) is 0 Å². The van der Waals surface area contributed by atoms with Crippen LogP contribution in [0.2, 0.25) is 0 Å². The number of aliphatic hydroxyl groups excluding tert-OH is 1. The van der Waals surface area contributed by atoms with E-state index in [4.69, 9.17) is 10.8 Å². The van der Waals surface area contributed by atoms with Crippen LogP contribution in [0.15, 0.2) is 0 Å². The number of hydrogen-bond donors (Lipinski definition) is 3. The van der Waals surface area contributed by atoms with Gasteiger partial charge in [-0.05, 0) is 50.4 Å². The number of aliphatic hydroxyl groups is 1. The third-order valence-electron chi connectivity index (χ3n) is 4.20. The van der Waals surface area contributed by atoms with Crippen LogP contribution in [0.4, 0.5) is 0 Å². The number of rotatable bonds is 6. The fourth-order valence-electron chi connectivity index (χ4n) is 4.06. The van der Waals surface area contributed by atoms with Crippen molar-refractivity contribution in [2.24, 2.45) is 17.1 Å². The van der Waals surface area contributed by atoms with Crippen molar-refractivity contribution in [1.29, 1.82) is 0 Å². The highest BCUT2D eigenvalue weighted by Crippen LogP contribution is 2.43. The van der Waals surface area contributed by atoms with Crippen molar-refractivity contribution in [3.8, 4) is 0 Å².